The largest absolute Gasteiger partial charge is 0.368 e. The number of aryl methyl sites for hydroxylation is 2. The molecule has 0 saturated carbocycles. The average molecular weight is 350 g/mol. The Labute approximate surface area is 152 Å². The van der Waals surface area contributed by atoms with Crippen molar-refractivity contribution in [3.63, 3.8) is 0 Å². The number of benzene rings is 1. The van der Waals surface area contributed by atoms with Gasteiger partial charge in [0, 0.05) is 36.4 Å². The fourth-order valence-electron chi connectivity index (χ4n) is 3.52. The lowest BCUT2D eigenvalue weighted by Gasteiger charge is -2.32. The number of nitrogens with zero attached hydrogens (tertiary/aromatic N) is 4. The summed E-state index contributed by atoms with van der Waals surface area (Å²) in [7, 11) is 0. The number of amides is 1. The van der Waals surface area contributed by atoms with E-state index in [-0.39, 0.29) is 12.0 Å². The van der Waals surface area contributed by atoms with Gasteiger partial charge in [-0.15, -0.1) is 0 Å². The topological polar surface area (TPSA) is 60.2 Å². The maximum absolute atomic E-state index is 13.2. The summed E-state index contributed by atoms with van der Waals surface area (Å²) in [6.45, 7) is 6.37. The van der Waals surface area contributed by atoms with E-state index in [4.69, 9.17) is 4.74 Å². The van der Waals surface area contributed by atoms with Crippen LogP contribution in [0.2, 0.25) is 0 Å². The van der Waals surface area contributed by atoms with Crippen molar-refractivity contribution in [2.45, 2.75) is 26.5 Å². The number of rotatable bonds is 3. The number of aromatic nitrogens is 3. The molecule has 0 unspecified atom stereocenters. The Hall–Kier alpha value is -2.73. The maximum Gasteiger partial charge on any atom is 0.256 e. The van der Waals surface area contributed by atoms with E-state index in [2.05, 4.69) is 27.5 Å². The van der Waals surface area contributed by atoms with Gasteiger partial charge in [-0.1, -0.05) is 18.2 Å². The highest BCUT2D eigenvalue weighted by atomic mass is 16.5. The van der Waals surface area contributed by atoms with E-state index in [1.54, 1.807) is 6.20 Å². The Kier molecular flexibility index (Phi) is 4.42. The average Bonchev–Trinajstić information content (AvgIpc) is 3.06. The summed E-state index contributed by atoms with van der Waals surface area (Å²) in [6.07, 6.45) is 3.48. The Morgan fingerprint density at radius 1 is 1.31 bits per heavy atom. The minimum absolute atomic E-state index is 0.0486. The Bertz CT molecular complexity index is 950. The fraction of sp³-hybridized carbons (Fsp3) is 0.350. The highest BCUT2D eigenvalue weighted by Gasteiger charge is 2.28. The normalized spacial score (nSPS) is 17.6. The van der Waals surface area contributed by atoms with Crippen LogP contribution in [0.1, 0.15) is 34.9 Å². The lowest BCUT2D eigenvalue weighted by Crippen LogP contribution is -2.42. The van der Waals surface area contributed by atoms with E-state index in [0.29, 0.717) is 25.5 Å². The van der Waals surface area contributed by atoms with Crippen molar-refractivity contribution in [1.82, 2.24) is 19.4 Å². The zero-order chi connectivity index (χ0) is 18.1. The number of morpholine rings is 1. The third kappa shape index (κ3) is 2.97. The van der Waals surface area contributed by atoms with E-state index in [1.165, 1.54) is 0 Å². The lowest BCUT2D eigenvalue weighted by molar-refractivity contribution is -0.0247. The van der Waals surface area contributed by atoms with Crippen LogP contribution in [-0.4, -0.2) is 45.0 Å². The van der Waals surface area contributed by atoms with Gasteiger partial charge in [-0.05, 0) is 26.0 Å². The zero-order valence-electron chi connectivity index (χ0n) is 15.1. The SMILES string of the molecule is CCn1cc(C(=O)N2CCO[C@@H](c3ccnc(C)n3)C2)c2ccccc21. The van der Waals surface area contributed by atoms with Crippen molar-refractivity contribution in [2.75, 3.05) is 19.7 Å². The second kappa shape index (κ2) is 6.88. The summed E-state index contributed by atoms with van der Waals surface area (Å²) in [6, 6.07) is 9.91. The lowest BCUT2D eigenvalue weighted by atomic mass is 10.1. The summed E-state index contributed by atoms with van der Waals surface area (Å²) >= 11 is 0. The van der Waals surface area contributed by atoms with Crippen molar-refractivity contribution in [1.29, 1.82) is 0 Å². The molecule has 0 N–H and O–H groups in total. The molecule has 26 heavy (non-hydrogen) atoms. The first-order chi connectivity index (χ1) is 12.7. The van der Waals surface area contributed by atoms with Gasteiger partial charge in [-0.2, -0.15) is 0 Å². The molecule has 134 valence electrons. The summed E-state index contributed by atoms with van der Waals surface area (Å²) in [5.41, 5.74) is 2.67. The second-order valence-electron chi connectivity index (χ2n) is 6.49. The Morgan fingerprint density at radius 3 is 2.96 bits per heavy atom. The monoisotopic (exact) mass is 350 g/mol. The van der Waals surface area contributed by atoms with Gasteiger partial charge in [0.1, 0.15) is 11.9 Å². The number of para-hydroxylation sites is 1. The van der Waals surface area contributed by atoms with Gasteiger partial charge in [0.2, 0.25) is 0 Å². The van der Waals surface area contributed by atoms with Crippen LogP contribution < -0.4 is 0 Å². The predicted molar refractivity (Wildman–Crippen MR) is 99.0 cm³/mol. The van der Waals surface area contributed by atoms with Crippen molar-refractivity contribution < 1.29 is 9.53 Å². The van der Waals surface area contributed by atoms with E-state index in [9.17, 15) is 4.79 Å². The van der Waals surface area contributed by atoms with Crippen LogP contribution in [0, 0.1) is 6.92 Å². The number of ether oxygens (including phenoxy) is 1. The van der Waals surface area contributed by atoms with Gasteiger partial charge in [-0.3, -0.25) is 4.79 Å². The first-order valence-electron chi connectivity index (χ1n) is 8.95. The first kappa shape index (κ1) is 16.7. The molecule has 1 fully saturated rings. The number of hydrogen-bond donors (Lipinski definition) is 0. The summed E-state index contributed by atoms with van der Waals surface area (Å²) in [5, 5.41) is 1.00. The standard InChI is InChI=1S/C20H22N4O2/c1-3-23-12-16(15-6-4-5-7-18(15)23)20(25)24-10-11-26-19(13-24)17-8-9-21-14(2)22-17/h4-9,12,19H,3,10-11,13H2,1-2H3/t19-/m1/s1. The van der Waals surface area contributed by atoms with Crippen molar-refractivity contribution in [3.8, 4) is 0 Å². The molecule has 3 aromatic rings. The molecular weight excluding hydrogens is 328 g/mol. The molecule has 3 heterocycles. The van der Waals surface area contributed by atoms with Crippen LogP contribution in [0.3, 0.4) is 0 Å². The molecule has 1 aromatic carbocycles. The van der Waals surface area contributed by atoms with Crippen molar-refractivity contribution in [3.05, 3.63) is 59.8 Å². The summed E-state index contributed by atoms with van der Waals surface area (Å²) in [5.74, 6) is 0.757. The maximum atomic E-state index is 13.2. The molecule has 1 amide bonds. The van der Waals surface area contributed by atoms with E-state index < -0.39 is 0 Å². The van der Waals surface area contributed by atoms with E-state index in [0.717, 1.165) is 28.7 Å². The molecule has 0 bridgehead atoms. The summed E-state index contributed by atoms with van der Waals surface area (Å²) in [4.78, 5) is 23.7. The molecule has 4 rings (SSSR count). The van der Waals surface area contributed by atoms with Crippen LogP contribution in [0.5, 0.6) is 0 Å². The smallest absolute Gasteiger partial charge is 0.256 e. The fourth-order valence-corrected chi connectivity index (χ4v) is 3.52. The van der Waals surface area contributed by atoms with Crippen molar-refractivity contribution in [2.24, 2.45) is 0 Å². The molecule has 0 radical (unpaired) electrons. The molecule has 6 heteroatoms. The van der Waals surface area contributed by atoms with E-state index >= 15 is 0 Å². The number of carbonyl (C=O) groups is 1. The van der Waals surface area contributed by atoms with Gasteiger partial charge in [0.05, 0.1) is 24.4 Å². The zero-order valence-corrected chi connectivity index (χ0v) is 15.1. The minimum Gasteiger partial charge on any atom is -0.368 e. The first-order valence-corrected chi connectivity index (χ1v) is 8.95. The van der Waals surface area contributed by atoms with Crippen LogP contribution in [-0.2, 0) is 11.3 Å². The van der Waals surface area contributed by atoms with Crippen LogP contribution in [0.15, 0.2) is 42.7 Å². The van der Waals surface area contributed by atoms with Gasteiger partial charge < -0.3 is 14.2 Å². The second-order valence-corrected chi connectivity index (χ2v) is 6.49. The Balaban J connectivity index is 1.62. The third-order valence-electron chi connectivity index (χ3n) is 4.84. The highest BCUT2D eigenvalue weighted by Crippen LogP contribution is 2.26. The number of carbonyl (C=O) groups excluding carboxylic acids is 1. The molecule has 1 aliphatic rings. The van der Waals surface area contributed by atoms with Gasteiger partial charge in [-0.25, -0.2) is 9.97 Å². The highest BCUT2D eigenvalue weighted by molar-refractivity contribution is 6.07. The van der Waals surface area contributed by atoms with Gasteiger partial charge in [0.15, 0.2) is 0 Å². The molecule has 0 spiro atoms. The van der Waals surface area contributed by atoms with Crippen LogP contribution in [0.4, 0.5) is 0 Å². The van der Waals surface area contributed by atoms with Crippen LogP contribution in [0.25, 0.3) is 10.9 Å². The predicted octanol–water partition coefficient (Wildman–Crippen LogP) is 2.97. The van der Waals surface area contributed by atoms with Gasteiger partial charge in [0.25, 0.3) is 5.91 Å². The molecular formula is C20H22N4O2. The minimum atomic E-state index is -0.214. The van der Waals surface area contributed by atoms with Crippen LogP contribution >= 0.6 is 0 Å². The molecule has 1 atom stereocenters. The van der Waals surface area contributed by atoms with Crippen molar-refractivity contribution >= 4 is 16.8 Å². The quantitative estimate of drug-likeness (QED) is 0.729. The van der Waals surface area contributed by atoms with Gasteiger partial charge >= 0.3 is 0 Å². The summed E-state index contributed by atoms with van der Waals surface area (Å²) < 4.78 is 7.98. The molecule has 6 nitrogen and oxygen atoms in total. The third-order valence-corrected chi connectivity index (χ3v) is 4.84. The van der Waals surface area contributed by atoms with E-state index in [1.807, 2.05) is 42.3 Å². The molecule has 0 aliphatic carbocycles. The molecule has 1 aliphatic heterocycles. The number of fused-ring (bicyclic) bond motifs is 1. The molecule has 1 saturated heterocycles. The molecule has 2 aromatic heterocycles. The Morgan fingerprint density at radius 2 is 2.15 bits per heavy atom. The number of hydrogen-bond acceptors (Lipinski definition) is 4.